The fourth-order valence-electron chi connectivity index (χ4n) is 4.05. The molecule has 0 saturated carbocycles. The van der Waals surface area contributed by atoms with Gasteiger partial charge in [0, 0.05) is 46.3 Å². The topological polar surface area (TPSA) is 95.3 Å². The predicted molar refractivity (Wildman–Crippen MR) is 139 cm³/mol. The number of guanidine groups is 1. The molecular formula is C22H32IN9. The lowest BCUT2D eigenvalue weighted by Gasteiger charge is -2.25. The average molecular weight is 549 g/mol. The Hall–Kier alpha value is -2.47. The molecule has 1 aliphatic heterocycles. The highest BCUT2D eigenvalue weighted by Crippen LogP contribution is 2.19. The standard InChI is InChI=1S/C22H31N9.HI/c1-23-22(25-11-10-24-20-19-14-29-30(2)21(19)28-16-27-20)26-13-18-9-6-12-31(18)15-17-7-4-3-5-8-17;/h3-5,7-8,14,16,18H,6,9-13,15H2,1-2H3,(H2,23,25,26)(H,24,27,28);1H. The molecule has 1 saturated heterocycles. The van der Waals surface area contributed by atoms with E-state index in [2.05, 4.69) is 71.2 Å². The Morgan fingerprint density at radius 2 is 2.00 bits per heavy atom. The summed E-state index contributed by atoms with van der Waals surface area (Å²) in [6.45, 7) is 4.49. The van der Waals surface area contributed by atoms with Crippen LogP contribution < -0.4 is 16.0 Å². The number of likely N-dealkylation sites (tertiary alicyclic amines) is 1. The van der Waals surface area contributed by atoms with E-state index in [0.717, 1.165) is 49.0 Å². The van der Waals surface area contributed by atoms with E-state index in [1.54, 1.807) is 17.2 Å². The molecule has 4 rings (SSSR count). The average Bonchev–Trinajstić information content (AvgIpc) is 3.41. The van der Waals surface area contributed by atoms with Gasteiger partial charge in [0.2, 0.25) is 0 Å². The number of nitrogens with one attached hydrogen (secondary N) is 3. The number of halogens is 1. The third kappa shape index (κ3) is 6.06. The van der Waals surface area contributed by atoms with Gasteiger partial charge in [0.15, 0.2) is 11.6 Å². The van der Waals surface area contributed by atoms with Crippen molar-refractivity contribution in [2.24, 2.45) is 12.0 Å². The van der Waals surface area contributed by atoms with Crippen LogP contribution in [-0.2, 0) is 13.6 Å². The van der Waals surface area contributed by atoms with Crippen molar-refractivity contribution in [1.82, 2.24) is 35.3 Å². The van der Waals surface area contributed by atoms with Crippen molar-refractivity contribution in [3.63, 3.8) is 0 Å². The molecule has 3 N–H and O–H groups in total. The molecule has 0 radical (unpaired) electrons. The van der Waals surface area contributed by atoms with E-state index in [9.17, 15) is 0 Å². The summed E-state index contributed by atoms with van der Waals surface area (Å²) in [6.07, 6.45) is 5.81. The zero-order valence-corrected chi connectivity index (χ0v) is 21.0. The maximum atomic E-state index is 4.37. The summed E-state index contributed by atoms with van der Waals surface area (Å²) in [7, 11) is 3.68. The number of aromatic nitrogens is 4. The van der Waals surface area contributed by atoms with Crippen molar-refractivity contribution >= 4 is 46.8 Å². The minimum absolute atomic E-state index is 0. The molecule has 0 bridgehead atoms. The van der Waals surface area contributed by atoms with Crippen molar-refractivity contribution in [1.29, 1.82) is 0 Å². The normalized spacial score (nSPS) is 16.7. The van der Waals surface area contributed by atoms with Gasteiger partial charge in [-0.25, -0.2) is 9.97 Å². The van der Waals surface area contributed by atoms with Gasteiger partial charge in [0.25, 0.3) is 0 Å². The number of hydrogen-bond donors (Lipinski definition) is 3. The van der Waals surface area contributed by atoms with Crippen LogP contribution in [0.1, 0.15) is 18.4 Å². The number of anilines is 1. The summed E-state index contributed by atoms with van der Waals surface area (Å²) in [5.41, 5.74) is 2.19. The smallest absolute Gasteiger partial charge is 0.191 e. The van der Waals surface area contributed by atoms with Gasteiger partial charge >= 0.3 is 0 Å². The van der Waals surface area contributed by atoms with Crippen LogP contribution in [-0.4, -0.2) is 69.9 Å². The van der Waals surface area contributed by atoms with Crippen molar-refractivity contribution in [2.45, 2.75) is 25.4 Å². The second-order valence-electron chi connectivity index (χ2n) is 7.79. The monoisotopic (exact) mass is 549 g/mol. The molecule has 1 atom stereocenters. The molecule has 9 nitrogen and oxygen atoms in total. The van der Waals surface area contributed by atoms with Gasteiger partial charge in [-0.1, -0.05) is 30.3 Å². The number of aliphatic imine (C=N–C) groups is 1. The summed E-state index contributed by atoms with van der Waals surface area (Å²) in [5, 5.41) is 15.4. The van der Waals surface area contributed by atoms with Crippen molar-refractivity contribution in [2.75, 3.05) is 38.5 Å². The number of hydrogen-bond acceptors (Lipinski definition) is 6. The molecule has 0 amide bonds. The quantitative estimate of drug-likeness (QED) is 0.172. The lowest BCUT2D eigenvalue weighted by Crippen LogP contribution is -2.45. The Labute approximate surface area is 206 Å². The first-order chi connectivity index (χ1) is 15.2. The molecule has 1 aliphatic rings. The number of nitrogens with zero attached hydrogens (tertiary/aromatic N) is 6. The van der Waals surface area contributed by atoms with Crippen LogP contribution in [0, 0.1) is 0 Å². The molecule has 32 heavy (non-hydrogen) atoms. The van der Waals surface area contributed by atoms with E-state index in [1.807, 2.05) is 14.1 Å². The van der Waals surface area contributed by atoms with Gasteiger partial charge in [-0.3, -0.25) is 14.6 Å². The lowest BCUT2D eigenvalue weighted by atomic mass is 10.2. The number of fused-ring (bicyclic) bond motifs is 1. The Balaban J connectivity index is 0.00000289. The zero-order valence-electron chi connectivity index (χ0n) is 18.7. The summed E-state index contributed by atoms with van der Waals surface area (Å²) >= 11 is 0. The number of aryl methyl sites for hydroxylation is 1. The fraction of sp³-hybridized carbons (Fsp3) is 0.455. The summed E-state index contributed by atoms with van der Waals surface area (Å²) in [5.74, 6) is 1.62. The summed E-state index contributed by atoms with van der Waals surface area (Å²) < 4.78 is 1.75. The Morgan fingerprint density at radius 1 is 1.16 bits per heavy atom. The van der Waals surface area contributed by atoms with Crippen molar-refractivity contribution in [3.05, 3.63) is 48.4 Å². The minimum atomic E-state index is 0. The van der Waals surface area contributed by atoms with E-state index >= 15 is 0 Å². The highest BCUT2D eigenvalue weighted by molar-refractivity contribution is 14.0. The Bertz CT molecular complexity index is 1010. The summed E-state index contributed by atoms with van der Waals surface area (Å²) in [6, 6.07) is 11.2. The third-order valence-corrected chi connectivity index (χ3v) is 5.70. The second kappa shape index (κ2) is 12.0. The van der Waals surface area contributed by atoms with E-state index in [1.165, 1.54) is 18.4 Å². The van der Waals surface area contributed by atoms with E-state index in [4.69, 9.17) is 0 Å². The van der Waals surface area contributed by atoms with Gasteiger partial charge in [-0.05, 0) is 24.9 Å². The molecule has 3 heterocycles. The fourth-order valence-corrected chi connectivity index (χ4v) is 4.05. The first-order valence-corrected chi connectivity index (χ1v) is 10.8. The van der Waals surface area contributed by atoms with Gasteiger partial charge < -0.3 is 16.0 Å². The van der Waals surface area contributed by atoms with E-state index in [0.29, 0.717) is 12.6 Å². The predicted octanol–water partition coefficient (Wildman–Crippen LogP) is 2.22. The van der Waals surface area contributed by atoms with Crippen LogP contribution in [0.25, 0.3) is 11.0 Å². The Kier molecular flexibility index (Phi) is 9.03. The lowest BCUT2D eigenvalue weighted by molar-refractivity contribution is 0.245. The maximum Gasteiger partial charge on any atom is 0.191 e. The highest BCUT2D eigenvalue weighted by atomic mass is 127. The molecular weight excluding hydrogens is 517 g/mol. The molecule has 1 fully saturated rings. The van der Waals surface area contributed by atoms with Crippen molar-refractivity contribution < 1.29 is 0 Å². The molecule has 3 aromatic rings. The first kappa shape index (κ1) is 24.2. The third-order valence-electron chi connectivity index (χ3n) is 5.70. The SMILES string of the molecule is CN=C(NCCNc1ncnc2c1cnn2C)NCC1CCCN1Cc1ccccc1.I. The highest BCUT2D eigenvalue weighted by Gasteiger charge is 2.24. The van der Waals surface area contributed by atoms with Crippen LogP contribution in [0.4, 0.5) is 5.82 Å². The van der Waals surface area contributed by atoms with Crippen LogP contribution >= 0.6 is 24.0 Å². The molecule has 1 aromatic carbocycles. The van der Waals surface area contributed by atoms with Gasteiger partial charge in [0.05, 0.1) is 11.6 Å². The minimum Gasteiger partial charge on any atom is -0.368 e. The zero-order chi connectivity index (χ0) is 21.5. The molecule has 10 heteroatoms. The molecule has 0 spiro atoms. The second-order valence-corrected chi connectivity index (χ2v) is 7.79. The van der Waals surface area contributed by atoms with E-state index < -0.39 is 0 Å². The Morgan fingerprint density at radius 3 is 2.81 bits per heavy atom. The first-order valence-electron chi connectivity index (χ1n) is 10.8. The van der Waals surface area contributed by atoms with Gasteiger partial charge in [0.1, 0.15) is 12.1 Å². The summed E-state index contributed by atoms with van der Waals surface area (Å²) in [4.78, 5) is 15.5. The number of rotatable bonds is 8. The molecule has 172 valence electrons. The molecule has 0 aliphatic carbocycles. The molecule has 1 unspecified atom stereocenters. The van der Waals surface area contributed by atoms with Gasteiger partial charge in [-0.2, -0.15) is 5.10 Å². The number of benzene rings is 1. The van der Waals surface area contributed by atoms with Crippen LogP contribution in [0.15, 0.2) is 47.8 Å². The van der Waals surface area contributed by atoms with Crippen LogP contribution in [0.5, 0.6) is 0 Å². The van der Waals surface area contributed by atoms with Crippen LogP contribution in [0.3, 0.4) is 0 Å². The maximum absolute atomic E-state index is 4.37. The van der Waals surface area contributed by atoms with Crippen LogP contribution in [0.2, 0.25) is 0 Å². The van der Waals surface area contributed by atoms with Gasteiger partial charge in [-0.15, -0.1) is 24.0 Å². The van der Waals surface area contributed by atoms with Crippen molar-refractivity contribution in [3.8, 4) is 0 Å². The molecule has 2 aromatic heterocycles. The van der Waals surface area contributed by atoms with E-state index in [-0.39, 0.29) is 24.0 Å². The largest absolute Gasteiger partial charge is 0.368 e.